The van der Waals surface area contributed by atoms with Gasteiger partial charge in [-0.05, 0) is 49.8 Å². The predicted molar refractivity (Wildman–Crippen MR) is 134 cm³/mol. The van der Waals surface area contributed by atoms with E-state index in [1.165, 1.54) is 17.0 Å². The molecule has 1 aromatic rings. The highest BCUT2D eigenvalue weighted by molar-refractivity contribution is 5.98. The second kappa shape index (κ2) is 10.2. The molecule has 0 bridgehead atoms. The first kappa shape index (κ1) is 28.7. The topological polar surface area (TPSA) is 127 Å². The molecule has 0 aromatic heterocycles. The molecule has 3 atom stereocenters. The van der Waals surface area contributed by atoms with Crippen LogP contribution in [0.5, 0.6) is 0 Å². The number of rotatable bonds is 7. The van der Waals surface area contributed by atoms with Gasteiger partial charge in [0.15, 0.2) is 11.8 Å². The minimum atomic E-state index is -1.34. The van der Waals surface area contributed by atoms with E-state index in [0.717, 1.165) is 0 Å². The molecule has 1 heterocycles. The van der Waals surface area contributed by atoms with E-state index in [2.05, 4.69) is 32.3 Å². The van der Waals surface area contributed by atoms with E-state index in [1.54, 1.807) is 32.9 Å². The Bertz CT molecular complexity index is 964. The summed E-state index contributed by atoms with van der Waals surface area (Å²) in [5.74, 6) is -0.0104. The van der Waals surface area contributed by atoms with Crippen molar-refractivity contribution in [2.75, 3.05) is 6.54 Å². The molecular weight excluding hydrogens is 468 g/mol. The Balaban J connectivity index is 2.39. The van der Waals surface area contributed by atoms with Crippen LogP contribution in [-0.4, -0.2) is 50.3 Å². The predicted octanol–water partition coefficient (Wildman–Crippen LogP) is 3.44. The molecule has 1 fully saturated rings. The maximum atomic E-state index is 13.4. The third kappa shape index (κ3) is 5.83. The number of nitrogens with zero attached hydrogens (tertiary/aromatic N) is 3. The molecule has 1 aromatic carbocycles. The molecule has 35 heavy (non-hydrogen) atoms. The molecule has 0 saturated carbocycles. The Morgan fingerprint density at radius 3 is 2.29 bits per heavy atom. The highest BCUT2D eigenvalue weighted by atomic mass is 28.2. The van der Waals surface area contributed by atoms with Gasteiger partial charge in [0.05, 0.1) is 17.6 Å². The smallest absolute Gasteiger partial charge is 0.412 e. The Morgan fingerprint density at radius 2 is 1.86 bits per heavy atom. The molecule has 2 rings (SSSR count). The van der Waals surface area contributed by atoms with Crippen molar-refractivity contribution in [3.8, 4) is 6.07 Å². The maximum absolute atomic E-state index is 13.4. The van der Waals surface area contributed by atoms with Gasteiger partial charge in [-0.3, -0.25) is 19.9 Å². The summed E-state index contributed by atoms with van der Waals surface area (Å²) >= 11 is 0. The van der Waals surface area contributed by atoms with E-state index in [4.69, 9.17) is 14.0 Å². The third-order valence-electron chi connectivity index (χ3n) is 6.64. The zero-order valence-electron chi connectivity index (χ0n) is 22.2. The van der Waals surface area contributed by atoms with Crippen LogP contribution < -0.4 is 5.48 Å². The van der Waals surface area contributed by atoms with Crippen LogP contribution in [0.3, 0.4) is 0 Å². The quantitative estimate of drug-likeness (QED) is 0.338. The lowest BCUT2D eigenvalue weighted by atomic mass is 9.63. The van der Waals surface area contributed by atoms with Gasteiger partial charge in [0.25, 0.3) is 5.69 Å². The third-order valence-corrected chi connectivity index (χ3v) is 7.26. The fourth-order valence-corrected chi connectivity index (χ4v) is 6.14. The van der Waals surface area contributed by atoms with E-state index in [1.807, 2.05) is 13.8 Å². The lowest BCUT2D eigenvalue weighted by Crippen LogP contribution is -2.67. The van der Waals surface area contributed by atoms with Crippen molar-refractivity contribution in [2.24, 2.45) is 16.7 Å². The summed E-state index contributed by atoms with van der Waals surface area (Å²) in [6, 6.07) is 7.16. The Hall–Kier alpha value is -2.52. The van der Waals surface area contributed by atoms with Crippen LogP contribution >= 0.6 is 0 Å². The van der Waals surface area contributed by atoms with Gasteiger partial charge in [0, 0.05) is 24.1 Å². The van der Waals surface area contributed by atoms with Crippen molar-refractivity contribution in [2.45, 2.75) is 79.4 Å². The second-order valence-corrected chi connectivity index (χ2v) is 11.9. The van der Waals surface area contributed by atoms with E-state index >= 15 is 0 Å². The molecule has 1 aliphatic heterocycles. The van der Waals surface area contributed by atoms with Gasteiger partial charge in [-0.15, -0.1) is 0 Å². The molecule has 11 heteroatoms. The fourth-order valence-electron chi connectivity index (χ4n) is 5.16. The average Bonchev–Trinajstić information content (AvgIpc) is 2.98. The summed E-state index contributed by atoms with van der Waals surface area (Å²) in [4.78, 5) is 31.0. The molecule has 1 unspecified atom stereocenters. The number of nitro groups is 1. The Kier molecular flexibility index (Phi) is 8.39. The molecule has 1 amide bonds. The lowest BCUT2D eigenvalue weighted by Gasteiger charge is -2.50. The first-order valence-corrected chi connectivity index (χ1v) is 12.4. The second-order valence-electron chi connectivity index (χ2n) is 11.5. The van der Waals surface area contributed by atoms with Crippen LogP contribution in [0.4, 0.5) is 10.5 Å². The standard InChI is InChI=1S/C24H38N4O6Si/c1-21(2,3)18-14-27(20(29)33-22(4,5)6)24(34-35,23(18,7)8)19(13-25)26-32-15-16-9-11-17(12-10-16)28(30)31/h9-12,18-19,26H,14-15H2,1-8,35H3/t18-,19?,24-/m1/s1. The number of carbonyl (C=O) groups excluding carboxylic acids is 1. The molecule has 1 aliphatic rings. The number of nitro benzene ring substituents is 1. The summed E-state index contributed by atoms with van der Waals surface area (Å²) in [5, 5.41) is 21.1. The molecular formula is C24H38N4O6Si. The minimum Gasteiger partial charge on any atom is -0.444 e. The van der Waals surface area contributed by atoms with Crippen LogP contribution in [0.25, 0.3) is 0 Å². The summed E-state index contributed by atoms with van der Waals surface area (Å²) in [6.45, 7) is 16.1. The Labute approximate surface area is 210 Å². The fraction of sp³-hybridized carbons (Fsp3) is 0.667. The molecule has 10 nitrogen and oxygen atoms in total. The number of amides is 1. The first-order valence-electron chi connectivity index (χ1n) is 11.6. The number of nitriles is 1. The number of hydrogen-bond donors (Lipinski definition) is 1. The number of benzene rings is 1. The summed E-state index contributed by atoms with van der Waals surface area (Å²) in [7, 11) is 0.254. The van der Waals surface area contributed by atoms with Crippen molar-refractivity contribution in [3.05, 3.63) is 39.9 Å². The van der Waals surface area contributed by atoms with Gasteiger partial charge in [-0.1, -0.05) is 34.6 Å². The zero-order valence-corrected chi connectivity index (χ0v) is 24.2. The van der Waals surface area contributed by atoms with Crippen LogP contribution in [-0.2, 0) is 20.6 Å². The van der Waals surface area contributed by atoms with Crippen LogP contribution in [0.15, 0.2) is 24.3 Å². The van der Waals surface area contributed by atoms with Crippen molar-refractivity contribution in [1.29, 1.82) is 5.26 Å². The SMILES string of the molecule is CC(C)(C)OC(=O)N1C[C@H](C(C)(C)C)C(C)(C)[C@]1(O[SiH3])C(C#N)NOCc1ccc([N+](=O)[O-])cc1. The molecule has 1 N–H and O–H groups in total. The van der Waals surface area contributed by atoms with Gasteiger partial charge in [-0.25, -0.2) is 4.79 Å². The normalized spacial score (nSPS) is 23.1. The van der Waals surface area contributed by atoms with Gasteiger partial charge < -0.3 is 9.16 Å². The number of ether oxygens (including phenoxy) is 1. The van der Waals surface area contributed by atoms with Crippen molar-refractivity contribution < 1.29 is 23.7 Å². The number of non-ortho nitro benzene ring substituents is 1. The molecule has 1 saturated heterocycles. The summed E-state index contributed by atoms with van der Waals surface area (Å²) < 4.78 is 11.9. The number of carbonyl (C=O) groups is 1. The van der Waals surface area contributed by atoms with E-state index in [0.29, 0.717) is 12.1 Å². The number of hydrogen-bond acceptors (Lipinski definition) is 8. The van der Waals surface area contributed by atoms with Crippen molar-refractivity contribution >= 4 is 22.3 Å². The minimum absolute atomic E-state index is 0.0104. The first-order chi connectivity index (χ1) is 16.0. The largest absolute Gasteiger partial charge is 0.444 e. The van der Waals surface area contributed by atoms with Crippen LogP contribution in [0, 0.1) is 38.2 Å². The number of likely N-dealkylation sites (tertiary alicyclic amines) is 1. The maximum Gasteiger partial charge on any atom is 0.412 e. The molecule has 0 spiro atoms. The lowest BCUT2D eigenvalue weighted by molar-refractivity contribution is -0.384. The van der Waals surface area contributed by atoms with E-state index < -0.39 is 33.8 Å². The van der Waals surface area contributed by atoms with E-state index in [-0.39, 0.29) is 34.1 Å². The monoisotopic (exact) mass is 506 g/mol. The number of hydroxylamine groups is 1. The van der Waals surface area contributed by atoms with Gasteiger partial charge in [0.1, 0.15) is 16.1 Å². The zero-order chi connectivity index (χ0) is 26.8. The van der Waals surface area contributed by atoms with Gasteiger partial charge in [-0.2, -0.15) is 10.7 Å². The van der Waals surface area contributed by atoms with Gasteiger partial charge in [0.2, 0.25) is 0 Å². The molecule has 194 valence electrons. The van der Waals surface area contributed by atoms with Gasteiger partial charge >= 0.3 is 6.09 Å². The van der Waals surface area contributed by atoms with Crippen molar-refractivity contribution in [1.82, 2.24) is 10.4 Å². The number of nitrogens with one attached hydrogen (secondary N) is 1. The highest BCUT2D eigenvalue weighted by Crippen LogP contribution is 2.56. The molecule has 0 aliphatic carbocycles. The summed E-state index contributed by atoms with van der Waals surface area (Å²) in [5.41, 5.74) is 0.581. The van der Waals surface area contributed by atoms with E-state index in [9.17, 15) is 20.2 Å². The van der Waals surface area contributed by atoms with Crippen LogP contribution in [0.2, 0.25) is 0 Å². The average molecular weight is 507 g/mol. The molecule has 0 radical (unpaired) electrons. The summed E-state index contributed by atoms with van der Waals surface area (Å²) in [6.07, 6.45) is -0.550. The van der Waals surface area contributed by atoms with Crippen LogP contribution in [0.1, 0.15) is 61.0 Å². The highest BCUT2D eigenvalue weighted by Gasteiger charge is 2.67. The van der Waals surface area contributed by atoms with Crippen molar-refractivity contribution in [3.63, 3.8) is 0 Å². The Morgan fingerprint density at radius 1 is 1.29 bits per heavy atom.